The average Bonchev–Trinajstić information content (AvgIpc) is 3.12. The molecular formula is C18H20N2O3S. The highest BCUT2D eigenvalue weighted by molar-refractivity contribution is 7.17. The van der Waals surface area contributed by atoms with Gasteiger partial charge in [-0.2, -0.15) is 0 Å². The van der Waals surface area contributed by atoms with E-state index in [-0.39, 0.29) is 11.8 Å². The Morgan fingerprint density at radius 1 is 1.38 bits per heavy atom. The Hall–Kier alpha value is -2.21. The van der Waals surface area contributed by atoms with Crippen LogP contribution in [0, 0.1) is 6.92 Å². The summed E-state index contributed by atoms with van der Waals surface area (Å²) in [5.41, 5.74) is 3.19. The minimum absolute atomic E-state index is 0.0686. The quantitative estimate of drug-likeness (QED) is 0.840. The summed E-state index contributed by atoms with van der Waals surface area (Å²) in [7, 11) is 0. The molecule has 1 atom stereocenters. The lowest BCUT2D eigenvalue weighted by Gasteiger charge is -2.10. The minimum atomic E-state index is -0.391. The van der Waals surface area contributed by atoms with Gasteiger partial charge in [-0.25, -0.2) is 9.78 Å². The highest BCUT2D eigenvalue weighted by Crippen LogP contribution is 2.35. The third-order valence-corrected chi connectivity index (χ3v) is 5.25. The lowest BCUT2D eigenvalue weighted by Crippen LogP contribution is -2.14. The van der Waals surface area contributed by atoms with Gasteiger partial charge in [0.25, 0.3) is 0 Å². The smallest absolute Gasteiger partial charge is 0.350 e. The molecule has 1 aromatic heterocycles. The van der Waals surface area contributed by atoms with Crippen LogP contribution in [0.15, 0.2) is 24.3 Å². The molecule has 0 bridgehead atoms. The minimum Gasteiger partial charge on any atom is -0.462 e. The van der Waals surface area contributed by atoms with Crippen molar-refractivity contribution in [1.82, 2.24) is 4.98 Å². The van der Waals surface area contributed by atoms with Crippen molar-refractivity contribution in [3.8, 4) is 0 Å². The molecule has 6 heteroatoms. The van der Waals surface area contributed by atoms with Crippen LogP contribution >= 0.6 is 11.3 Å². The molecule has 1 aromatic carbocycles. The van der Waals surface area contributed by atoms with E-state index in [0.29, 0.717) is 28.7 Å². The molecule has 5 nitrogen and oxygen atoms in total. The number of hydrogen-bond donors (Lipinski definition) is 1. The van der Waals surface area contributed by atoms with Crippen LogP contribution in [0.5, 0.6) is 0 Å². The highest BCUT2D eigenvalue weighted by Gasteiger charge is 2.25. The van der Waals surface area contributed by atoms with Crippen molar-refractivity contribution in [3.63, 3.8) is 0 Å². The van der Waals surface area contributed by atoms with Gasteiger partial charge in [-0.1, -0.05) is 35.6 Å². The first-order valence-electron chi connectivity index (χ1n) is 8.10. The van der Waals surface area contributed by atoms with Gasteiger partial charge in [0.15, 0.2) is 5.13 Å². The summed E-state index contributed by atoms with van der Waals surface area (Å²) in [4.78, 5) is 28.9. The van der Waals surface area contributed by atoms with E-state index in [1.807, 2.05) is 12.1 Å². The van der Waals surface area contributed by atoms with E-state index in [9.17, 15) is 9.59 Å². The lowest BCUT2D eigenvalue weighted by atomic mass is 9.97. The zero-order chi connectivity index (χ0) is 17.1. The van der Waals surface area contributed by atoms with Crippen LogP contribution in [-0.2, 0) is 16.0 Å². The highest BCUT2D eigenvalue weighted by atomic mass is 32.1. The molecule has 3 rings (SSSR count). The van der Waals surface area contributed by atoms with Crippen molar-refractivity contribution in [3.05, 3.63) is 46.0 Å². The number of aromatic nitrogens is 1. The summed E-state index contributed by atoms with van der Waals surface area (Å²) in [6, 6.07) is 8.29. The summed E-state index contributed by atoms with van der Waals surface area (Å²) >= 11 is 1.16. The van der Waals surface area contributed by atoms with Gasteiger partial charge in [0.05, 0.1) is 12.3 Å². The van der Waals surface area contributed by atoms with Crippen molar-refractivity contribution in [2.45, 2.75) is 39.0 Å². The second-order valence-corrected chi connectivity index (χ2v) is 6.84. The number of ether oxygens (including phenoxy) is 1. The number of aryl methyl sites for hydroxylation is 2. The fourth-order valence-electron chi connectivity index (χ4n) is 3.09. The van der Waals surface area contributed by atoms with Crippen LogP contribution in [0.25, 0.3) is 0 Å². The Morgan fingerprint density at radius 3 is 2.96 bits per heavy atom. The van der Waals surface area contributed by atoms with Crippen LogP contribution in [0.2, 0.25) is 0 Å². The predicted molar refractivity (Wildman–Crippen MR) is 93.6 cm³/mol. The molecule has 0 radical (unpaired) electrons. The van der Waals surface area contributed by atoms with Crippen molar-refractivity contribution in [1.29, 1.82) is 0 Å². The Labute approximate surface area is 145 Å². The maximum atomic E-state index is 12.3. The molecule has 0 saturated carbocycles. The van der Waals surface area contributed by atoms with Crippen molar-refractivity contribution >= 4 is 28.3 Å². The summed E-state index contributed by atoms with van der Waals surface area (Å²) in [5.74, 6) is -0.203. The molecule has 1 aliphatic carbocycles. The lowest BCUT2D eigenvalue weighted by molar-refractivity contribution is -0.116. The molecule has 0 saturated heterocycles. The Morgan fingerprint density at radius 2 is 2.17 bits per heavy atom. The Kier molecular flexibility index (Phi) is 4.94. The van der Waals surface area contributed by atoms with Crippen LogP contribution in [0.4, 0.5) is 5.13 Å². The number of amides is 1. The van der Waals surface area contributed by atoms with E-state index < -0.39 is 5.97 Å². The van der Waals surface area contributed by atoms with E-state index in [2.05, 4.69) is 22.4 Å². The summed E-state index contributed by atoms with van der Waals surface area (Å²) in [6.45, 7) is 3.82. The van der Waals surface area contributed by atoms with E-state index in [1.54, 1.807) is 13.8 Å². The molecule has 1 N–H and O–H groups in total. The predicted octanol–water partition coefficient (Wildman–Crippen LogP) is 3.69. The summed E-state index contributed by atoms with van der Waals surface area (Å²) < 4.78 is 4.99. The number of carbonyl (C=O) groups is 2. The first-order valence-corrected chi connectivity index (χ1v) is 8.92. The SMILES string of the molecule is CCOC(=O)c1sc(NC(=O)CC2CCc3ccccc32)nc1C. The zero-order valence-electron chi connectivity index (χ0n) is 13.8. The average molecular weight is 344 g/mol. The molecule has 24 heavy (non-hydrogen) atoms. The number of esters is 1. The molecule has 0 fully saturated rings. The number of anilines is 1. The molecule has 1 amide bonds. The molecule has 1 heterocycles. The van der Waals surface area contributed by atoms with Crippen LogP contribution in [0.1, 0.15) is 52.2 Å². The fraction of sp³-hybridized carbons (Fsp3) is 0.389. The monoisotopic (exact) mass is 344 g/mol. The van der Waals surface area contributed by atoms with Gasteiger partial charge in [0.2, 0.25) is 5.91 Å². The third-order valence-electron chi connectivity index (χ3n) is 4.19. The number of benzene rings is 1. The number of thiazole rings is 1. The Bertz CT molecular complexity index is 769. The number of nitrogens with one attached hydrogen (secondary N) is 1. The number of carbonyl (C=O) groups excluding carboxylic acids is 2. The van der Waals surface area contributed by atoms with Gasteiger partial charge < -0.3 is 10.1 Å². The fourth-order valence-corrected chi connectivity index (χ4v) is 3.96. The molecular weight excluding hydrogens is 324 g/mol. The number of fused-ring (bicyclic) bond motifs is 1. The standard InChI is InChI=1S/C18H20N2O3S/c1-3-23-17(22)16-11(2)19-18(24-16)20-15(21)10-13-9-8-12-6-4-5-7-14(12)13/h4-7,13H,3,8-10H2,1-2H3,(H,19,20,21). The van der Waals surface area contributed by atoms with Crippen molar-refractivity contribution in [2.75, 3.05) is 11.9 Å². The van der Waals surface area contributed by atoms with Gasteiger partial charge in [-0.15, -0.1) is 0 Å². The largest absolute Gasteiger partial charge is 0.462 e. The van der Waals surface area contributed by atoms with Gasteiger partial charge in [-0.3, -0.25) is 4.79 Å². The number of hydrogen-bond acceptors (Lipinski definition) is 5. The third kappa shape index (κ3) is 3.48. The molecule has 0 aliphatic heterocycles. The molecule has 126 valence electrons. The molecule has 0 spiro atoms. The maximum Gasteiger partial charge on any atom is 0.350 e. The normalized spacial score (nSPS) is 15.8. The van der Waals surface area contributed by atoms with E-state index in [1.165, 1.54) is 11.1 Å². The summed E-state index contributed by atoms with van der Waals surface area (Å²) in [6.07, 6.45) is 2.46. The van der Waals surface area contributed by atoms with Crippen LogP contribution in [-0.4, -0.2) is 23.5 Å². The second kappa shape index (κ2) is 7.13. The van der Waals surface area contributed by atoms with E-state index in [4.69, 9.17) is 4.74 Å². The summed E-state index contributed by atoms with van der Waals surface area (Å²) in [5, 5.41) is 3.27. The zero-order valence-corrected chi connectivity index (χ0v) is 14.6. The van der Waals surface area contributed by atoms with Gasteiger partial charge in [-0.05, 0) is 43.7 Å². The number of rotatable bonds is 5. The number of nitrogens with zero attached hydrogens (tertiary/aromatic N) is 1. The van der Waals surface area contributed by atoms with Gasteiger partial charge >= 0.3 is 5.97 Å². The topological polar surface area (TPSA) is 68.3 Å². The molecule has 2 aromatic rings. The van der Waals surface area contributed by atoms with Crippen molar-refractivity contribution < 1.29 is 14.3 Å². The van der Waals surface area contributed by atoms with Crippen molar-refractivity contribution in [2.24, 2.45) is 0 Å². The molecule has 1 aliphatic rings. The second-order valence-electron chi connectivity index (χ2n) is 5.84. The van der Waals surface area contributed by atoms with E-state index in [0.717, 1.165) is 24.2 Å². The Balaban J connectivity index is 1.64. The first-order chi connectivity index (χ1) is 11.6. The van der Waals surface area contributed by atoms with E-state index >= 15 is 0 Å². The maximum absolute atomic E-state index is 12.3. The first kappa shape index (κ1) is 16.6. The van der Waals surface area contributed by atoms with Crippen LogP contribution < -0.4 is 5.32 Å². The van der Waals surface area contributed by atoms with Gasteiger partial charge in [0.1, 0.15) is 4.88 Å². The van der Waals surface area contributed by atoms with Crippen LogP contribution in [0.3, 0.4) is 0 Å². The molecule has 1 unspecified atom stereocenters. The van der Waals surface area contributed by atoms with Gasteiger partial charge in [0, 0.05) is 6.42 Å².